The molecule has 0 unspecified atom stereocenters. The van der Waals surface area contributed by atoms with Gasteiger partial charge in [0, 0.05) is 0 Å². The summed E-state index contributed by atoms with van der Waals surface area (Å²) in [6.07, 6.45) is 0. The van der Waals surface area contributed by atoms with Gasteiger partial charge in [0.25, 0.3) is 0 Å². The second-order valence-corrected chi connectivity index (χ2v) is 20.8. The monoisotopic (exact) mass is 504 g/mol. The van der Waals surface area contributed by atoms with Crippen LogP contribution in [0.2, 0.25) is 0 Å². The van der Waals surface area contributed by atoms with Crippen LogP contribution in [0.25, 0.3) is 0 Å². The molecule has 0 amide bonds. The van der Waals surface area contributed by atoms with E-state index in [1.165, 1.54) is 54.6 Å². The fourth-order valence-corrected chi connectivity index (χ4v) is 21.9. The van der Waals surface area contributed by atoms with Gasteiger partial charge < -0.3 is 0 Å². The molecule has 0 aliphatic heterocycles. The quantitative estimate of drug-likeness (QED) is 0.359. The Bertz CT molecular complexity index is 1310. The SMILES string of the molecule is O=S(=O)(O)OS(=O)(=O)P(c1ccccc1)(c1ccccc1)(c1ccccc1)S(=O)(=O)O. The molecule has 31 heavy (non-hydrogen) atoms. The van der Waals surface area contributed by atoms with Crippen LogP contribution in [0.4, 0.5) is 0 Å². The van der Waals surface area contributed by atoms with Crippen molar-refractivity contribution < 1.29 is 38.0 Å². The number of hydrogen-bond acceptors (Lipinski definition) is 7. The normalized spacial score (nSPS) is 14.5. The third-order valence-electron chi connectivity index (χ3n) is 4.71. The summed E-state index contributed by atoms with van der Waals surface area (Å²) in [5.41, 5.74) is 0. The third-order valence-corrected chi connectivity index (χ3v) is 24.4. The first-order chi connectivity index (χ1) is 14.4. The molecule has 2 N–H and O–H groups in total. The molecule has 13 heteroatoms. The average molecular weight is 505 g/mol. The van der Waals surface area contributed by atoms with Gasteiger partial charge in [-0.05, 0) is 0 Å². The molecule has 0 spiro atoms. The van der Waals surface area contributed by atoms with Crippen LogP contribution in [0.5, 0.6) is 0 Å². The van der Waals surface area contributed by atoms with Gasteiger partial charge in [0.05, 0.1) is 0 Å². The molecule has 0 saturated heterocycles. The first-order valence-electron chi connectivity index (χ1n) is 8.47. The van der Waals surface area contributed by atoms with E-state index in [9.17, 15) is 34.4 Å². The predicted octanol–water partition coefficient (Wildman–Crippen LogP) is 1.38. The zero-order valence-electron chi connectivity index (χ0n) is 15.6. The van der Waals surface area contributed by atoms with Crippen molar-refractivity contribution in [3.63, 3.8) is 0 Å². The molecule has 0 aliphatic carbocycles. The van der Waals surface area contributed by atoms with Gasteiger partial charge in [0.2, 0.25) is 0 Å². The molecular weight excluding hydrogens is 487 g/mol. The molecule has 0 radical (unpaired) electrons. The maximum atomic E-state index is 13.8. The van der Waals surface area contributed by atoms with Crippen LogP contribution in [-0.4, -0.2) is 34.4 Å². The van der Waals surface area contributed by atoms with Gasteiger partial charge in [-0.2, -0.15) is 0 Å². The molecule has 0 aromatic heterocycles. The van der Waals surface area contributed by atoms with Crippen LogP contribution in [0.1, 0.15) is 0 Å². The van der Waals surface area contributed by atoms with Crippen LogP contribution in [0, 0.1) is 0 Å². The van der Waals surface area contributed by atoms with Crippen molar-refractivity contribution in [2.45, 2.75) is 0 Å². The van der Waals surface area contributed by atoms with Gasteiger partial charge in [-0.25, -0.2) is 0 Å². The van der Waals surface area contributed by atoms with Crippen molar-refractivity contribution in [2.75, 3.05) is 0 Å². The molecule has 3 aromatic carbocycles. The Balaban J connectivity index is 2.83. The predicted molar refractivity (Wildman–Crippen MR) is 118 cm³/mol. The minimum atomic E-state index is -6.31. The molecule has 9 nitrogen and oxygen atoms in total. The van der Waals surface area contributed by atoms with E-state index in [-0.39, 0.29) is 0 Å². The number of rotatable bonds is 7. The third kappa shape index (κ3) is 3.23. The van der Waals surface area contributed by atoms with Crippen LogP contribution < -0.4 is 15.9 Å². The standard InChI is InChI=1S/C18H17O9PS3/c19-29(20,21)27-31(25,26)28(30(22,23)24,16-10-4-1-5-11-16,17-12-6-2-7-13-17)18-14-8-3-9-15-18/h1-15H,(H,19,20,21)(H,22,23,24). The Kier molecular flexibility index (Phi) is 5.87. The molecule has 3 rings (SSSR count). The molecule has 0 atom stereocenters. The maximum absolute atomic E-state index is 13.8. The zero-order valence-corrected chi connectivity index (χ0v) is 18.9. The van der Waals surface area contributed by atoms with E-state index >= 15 is 0 Å². The molecule has 0 saturated carbocycles. The molecule has 3 aromatic rings. The van der Waals surface area contributed by atoms with E-state index in [4.69, 9.17) is 0 Å². The molecule has 0 heterocycles. The second kappa shape index (κ2) is 7.75. The fourth-order valence-electron chi connectivity index (χ4n) is 3.61. The van der Waals surface area contributed by atoms with Crippen LogP contribution in [-0.2, 0) is 33.5 Å². The van der Waals surface area contributed by atoms with Gasteiger partial charge >= 0.3 is 180 Å². The van der Waals surface area contributed by atoms with E-state index in [0.29, 0.717) is 0 Å². The summed E-state index contributed by atoms with van der Waals surface area (Å²) in [5.74, 6) is 0. The molecule has 166 valence electrons. The number of hydrogen-bond donors (Lipinski definition) is 2. The second-order valence-electron chi connectivity index (χ2n) is 6.34. The van der Waals surface area contributed by atoms with Crippen molar-refractivity contribution in [2.24, 2.45) is 0 Å². The van der Waals surface area contributed by atoms with Crippen molar-refractivity contribution in [1.29, 1.82) is 0 Å². The molecule has 0 fully saturated rings. The van der Waals surface area contributed by atoms with Gasteiger partial charge in [-0.3, -0.25) is 0 Å². The summed E-state index contributed by atoms with van der Waals surface area (Å²) in [4.78, 5) is 0. The van der Waals surface area contributed by atoms with Gasteiger partial charge in [-0.15, -0.1) is 0 Å². The summed E-state index contributed by atoms with van der Waals surface area (Å²) >= 11 is 0. The first kappa shape index (κ1) is 23.5. The summed E-state index contributed by atoms with van der Waals surface area (Å²) in [5, 5.41) is -7.61. The Morgan fingerprint density at radius 2 is 0.839 bits per heavy atom. The fraction of sp³-hybridized carbons (Fsp3) is 0. The topological polar surface area (TPSA) is 152 Å². The molecular formula is C18H17O9PS3. The van der Waals surface area contributed by atoms with E-state index in [1.54, 1.807) is 0 Å². The van der Waals surface area contributed by atoms with Gasteiger partial charge in [0.1, 0.15) is 0 Å². The van der Waals surface area contributed by atoms with E-state index in [2.05, 4.69) is 3.63 Å². The Labute approximate surface area is 179 Å². The van der Waals surface area contributed by atoms with Crippen molar-refractivity contribution in [3.8, 4) is 0 Å². The van der Waals surface area contributed by atoms with Gasteiger partial charge in [0.15, 0.2) is 0 Å². The Morgan fingerprint density at radius 1 is 0.548 bits per heavy atom. The molecule has 0 aliphatic rings. The van der Waals surface area contributed by atoms with Crippen LogP contribution in [0.15, 0.2) is 91.0 Å². The van der Waals surface area contributed by atoms with Crippen LogP contribution in [0.3, 0.4) is 0 Å². The van der Waals surface area contributed by atoms with Gasteiger partial charge in [-0.1, -0.05) is 0 Å². The minimum absolute atomic E-state index is 0.433. The summed E-state index contributed by atoms with van der Waals surface area (Å²) in [6, 6.07) is 19.2. The summed E-state index contributed by atoms with van der Waals surface area (Å²) < 4.78 is 102. The Hall–Kier alpha value is -2.18. The summed E-state index contributed by atoms with van der Waals surface area (Å²) in [6.45, 7) is 0. The van der Waals surface area contributed by atoms with Crippen molar-refractivity contribution in [3.05, 3.63) is 91.0 Å². The first-order valence-corrected chi connectivity index (χ1v) is 16.1. The van der Waals surface area contributed by atoms with E-state index in [1.807, 2.05) is 0 Å². The zero-order chi connectivity index (χ0) is 23.0. The van der Waals surface area contributed by atoms with E-state index in [0.717, 1.165) is 36.4 Å². The van der Waals surface area contributed by atoms with Crippen molar-refractivity contribution in [1.82, 2.24) is 0 Å². The average Bonchev–Trinajstić information content (AvgIpc) is 2.68. The van der Waals surface area contributed by atoms with Crippen LogP contribution >= 0.6 is 5.01 Å². The summed E-state index contributed by atoms with van der Waals surface area (Å²) in [7, 11) is -17.3. The molecule has 0 bridgehead atoms. The number of benzene rings is 3. The van der Waals surface area contributed by atoms with E-state index < -0.39 is 50.8 Å². The Morgan fingerprint density at radius 3 is 1.06 bits per heavy atom. The van der Waals surface area contributed by atoms with Crippen molar-refractivity contribution >= 4 is 50.8 Å².